The summed E-state index contributed by atoms with van der Waals surface area (Å²) in [5.74, 6) is 0.0989. The Kier molecular flexibility index (Phi) is 3.24. The van der Waals surface area contributed by atoms with Crippen LogP contribution in [0.1, 0.15) is 27.9 Å². The van der Waals surface area contributed by atoms with Crippen molar-refractivity contribution in [3.05, 3.63) is 29.1 Å². The number of hydrogen-bond acceptors (Lipinski definition) is 4. The molecule has 0 radical (unpaired) electrons. The van der Waals surface area contributed by atoms with E-state index in [1.807, 2.05) is 11.1 Å². The van der Waals surface area contributed by atoms with Gasteiger partial charge in [0.05, 0.1) is 5.56 Å². The molecule has 1 amide bonds. The Hall–Kier alpha value is -1.46. The molecule has 3 rings (SSSR count). The van der Waals surface area contributed by atoms with E-state index in [1.165, 1.54) is 11.1 Å². The molecule has 19 heavy (non-hydrogen) atoms. The van der Waals surface area contributed by atoms with Crippen LogP contribution in [0.4, 0.5) is 0 Å². The van der Waals surface area contributed by atoms with Gasteiger partial charge in [-0.15, -0.1) is 0 Å². The number of amides is 1. The van der Waals surface area contributed by atoms with Crippen molar-refractivity contribution in [1.29, 1.82) is 0 Å². The molecule has 2 aliphatic rings. The summed E-state index contributed by atoms with van der Waals surface area (Å²) in [4.78, 5) is 20.9. The Morgan fingerprint density at radius 3 is 3.00 bits per heavy atom. The summed E-state index contributed by atoms with van der Waals surface area (Å²) < 4.78 is 0. The van der Waals surface area contributed by atoms with Crippen molar-refractivity contribution in [2.45, 2.75) is 25.4 Å². The molecule has 3 heterocycles. The van der Waals surface area contributed by atoms with Gasteiger partial charge in [0.15, 0.2) is 0 Å². The number of fused-ring (bicyclic) bond motifs is 1. The first-order chi connectivity index (χ1) is 9.15. The highest BCUT2D eigenvalue weighted by atomic mass is 16.2. The van der Waals surface area contributed by atoms with E-state index in [9.17, 15) is 4.79 Å². The number of nitrogens with zero attached hydrogens (tertiary/aromatic N) is 3. The minimum atomic E-state index is 0.0989. The van der Waals surface area contributed by atoms with Gasteiger partial charge in [0, 0.05) is 44.6 Å². The lowest BCUT2D eigenvalue weighted by Gasteiger charge is -2.27. The minimum Gasteiger partial charge on any atom is -0.337 e. The summed E-state index contributed by atoms with van der Waals surface area (Å²) in [7, 11) is 2.09. The first kappa shape index (κ1) is 12.6. The number of carbonyl (C=O) groups is 1. The molecule has 1 aromatic rings. The van der Waals surface area contributed by atoms with Crippen molar-refractivity contribution in [3.8, 4) is 0 Å². The van der Waals surface area contributed by atoms with E-state index in [1.54, 1.807) is 6.20 Å². The van der Waals surface area contributed by atoms with Crippen molar-refractivity contribution >= 4 is 5.91 Å². The molecule has 1 aromatic heterocycles. The fourth-order valence-corrected chi connectivity index (χ4v) is 2.96. The van der Waals surface area contributed by atoms with Crippen LogP contribution in [0.5, 0.6) is 0 Å². The lowest BCUT2D eigenvalue weighted by atomic mass is 9.97. The molecule has 2 N–H and O–H groups in total. The second kappa shape index (κ2) is 4.90. The van der Waals surface area contributed by atoms with E-state index in [-0.39, 0.29) is 11.9 Å². The summed E-state index contributed by atoms with van der Waals surface area (Å²) in [6.45, 7) is 3.31. The number of nitrogens with two attached hydrogens (primary N) is 1. The number of likely N-dealkylation sites (tertiary alicyclic amines) is 1. The largest absolute Gasteiger partial charge is 0.337 e. The van der Waals surface area contributed by atoms with E-state index in [2.05, 4.69) is 16.9 Å². The fourth-order valence-electron chi connectivity index (χ4n) is 2.96. The Morgan fingerprint density at radius 1 is 1.42 bits per heavy atom. The predicted octanol–water partition coefficient (Wildman–Crippen LogP) is 0.243. The van der Waals surface area contributed by atoms with Gasteiger partial charge in [0.2, 0.25) is 0 Å². The monoisotopic (exact) mass is 260 g/mol. The van der Waals surface area contributed by atoms with E-state index < -0.39 is 0 Å². The maximum absolute atomic E-state index is 12.6. The molecule has 0 bridgehead atoms. The molecule has 0 aliphatic carbocycles. The molecule has 0 saturated carbocycles. The van der Waals surface area contributed by atoms with Crippen LogP contribution in [0.3, 0.4) is 0 Å². The number of aromatic nitrogens is 1. The van der Waals surface area contributed by atoms with Crippen molar-refractivity contribution < 1.29 is 4.79 Å². The minimum absolute atomic E-state index is 0.0989. The maximum atomic E-state index is 12.6. The van der Waals surface area contributed by atoms with Gasteiger partial charge in [-0.2, -0.15) is 0 Å². The Labute approximate surface area is 113 Å². The Morgan fingerprint density at radius 2 is 2.26 bits per heavy atom. The third-order valence-corrected chi connectivity index (χ3v) is 4.07. The molecule has 1 fully saturated rings. The maximum Gasteiger partial charge on any atom is 0.255 e. The molecule has 1 unspecified atom stereocenters. The second-order valence-electron chi connectivity index (χ2n) is 5.61. The number of likely N-dealkylation sites (N-methyl/N-ethyl adjacent to an activating group) is 1. The summed E-state index contributed by atoms with van der Waals surface area (Å²) in [6.07, 6.45) is 5.43. The van der Waals surface area contributed by atoms with Gasteiger partial charge in [0.25, 0.3) is 5.91 Å². The van der Waals surface area contributed by atoms with Crippen LogP contribution in [0.2, 0.25) is 0 Å². The van der Waals surface area contributed by atoms with E-state index in [0.29, 0.717) is 6.54 Å². The van der Waals surface area contributed by atoms with E-state index in [4.69, 9.17) is 5.73 Å². The summed E-state index contributed by atoms with van der Waals surface area (Å²) >= 11 is 0. The van der Waals surface area contributed by atoms with Crippen LogP contribution in [-0.4, -0.2) is 53.4 Å². The smallest absolute Gasteiger partial charge is 0.255 e. The molecule has 0 aromatic carbocycles. The fraction of sp³-hybridized carbons (Fsp3) is 0.571. The molecule has 0 spiro atoms. The average molecular weight is 260 g/mol. The third-order valence-electron chi connectivity index (χ3n) is 4.07. The highest BCUT2D eigenvalue weighted by Crippen LogP contribution is 2.23. The number of carbonyl (C=O) groups excluding carboxylic acids is 1. The second-order valence-corrected chi connectivity index (χ2v) is 5.61. The van der Waals surface area contributed by atoms with E-state index >= 15 is 0 Å². The zero-order valence-electron chi connectivity index (χ0n) is 11.3. The summed E-state index contributed by atoms with van der Waals surface area (Å²) in [5.41, 5.74) is 9.02. The molecule has 5 nitrogen and oxygen atoms in total. The zero-order chi connectivity index (χ0) is 13.4. The molecule has 5 heteroatoms. The van der Waals surface area contributed by atoms with Gasteiger partial charge >= 0.3 is 0 Å². The van der Waals surface area contributed by atoms with Crippen molar-refractivity contribution in [3.63, 3.8) is 0 Å². The van der Waals surface area contributed by atoms with Crippen LogP contribution >= 0.6 is 0 Å². The van der Waals surface area contributed by atoms with E-state index in [0.717, 1.165) is 38.0 Å². The van der Waals surface area contributed by atoms with Gasteiger partial charge in [0.1, 0.15) is 0 Å². The van der Waals surface area contributed by atoms with Gasteiger partial charge in [-0.3, -0.25) is 9.78 Å². The molecular formula is C14H20N4O. The van der Waals surface area contributed by atoms with Gasteiger partial charge in [-0.1, -0.05) is 0 Å². The first-order valence-electron chi connectivity index (χ1n) is 6.84. The quantitative estimate of drug-likeness (QED) is 0.786. The number of pyridine rings is 1. The molecule has 102 valence electrons. The number of rotatable bonds is 1. The summed E-state index contributed by atoms with van der Waals surface area (Å²) in [5, 5.41) is 0. The summed E-state index contributed by atoms with van der Waals surface area (Å²) in [6, 6.07) is 0.127. The SMILES string of the molecule is CN1CCc2c(cncc2C(=O)N2CCC(N)C2)C1. The van der Waals surface area contributed by atoms with Crippen molar-refractivity contribution in [2.24, 2.45) is 5.73 Å². The van der Waals surface area contributed by atoms with Crippen LogP contribution < -0.4 is 5.73 Å². The Bertz CT molecular complexity index is 502. The van der Waals surface area contributed by atoms with Gasteiger partial charge in [-0.05, 0) is 31.0 Å². The molecular weight excluding hydrogens is 240 g/mol. The van der Waals surface area contributed by atoms with Gasteiger partial charge < -0.3 is 15.5 Å². The highest BCUT2D eigenvalue weighted by molar-refractivity contribution is 5.96. The van der Waals surface area contributed by atoms with Crippen LogP contribution in [0.25, 0.3) is 0 Å². The van der Waals surface area contributed by atoms with Crippen molar-refractivity contribution in [1.82, 2.24) is 14.8 Å². The van der Waals surface area contributed by atoms with Crippen LogP contribution in [-0.2, 0) is 13.0 Å². The average Bonchev–Trinajstić information content (AvgIpc) is 2.83. The molecule has 1 saturated heterocycles. The standard InChI is InChI=1S/C14H20N4O/c1-17-4-3-12-10(8-17)6-16-7-13(12)14(19)18-5-2-11(15)9-18/h6-7,11H,2-5,8-9,15H2,1H3. The lowest BCUT2D eigenvalue weighted by Crippen LogP contribution is -2.34. The van der Waals surface area contributed by atoms with Crippen LogP contribution in [0, 0.1) is 0 Å². The molecule has 1 atom stereocenters. The number of hydrogen-bond donors (Lipinski definition) is 1. The third kappa shape index (κ3) is 2.35. The lowest BCUT2D eigenvalue weighted by molar-refractivity contribution is 0.0788. The normalized spacial score (nSPS) is 23.5. The zero-order valence-corrected chi connectivity index (χ0v) is 11.3. The Balaban J connectivity index is 1.89. The predicted molar refractivity (Wildman–Crippen MR) is 72.8 cm³/mol. The van der Waals surface area contributed by atoms with Gasteiger partial charge in [-0.25, -0.2) is 0 Å². The highest BCUT2D eigenvalue weighted by Gasteiger charge is 2.28. The topological polar surface area (TPSA) is 62.5 Å². The molecule has 2 aliphatic heterocycles. The van der Waals surface area contributed by atoms with Crippen LogP contribution in [0.15, 0.2) is 12.4 Å². The first-order valence-corrected chi connectivity index (χ1v) is 6.84. The van der Waals surface area contributed by atoms with Crippen molar-refractivity contribution in [2.75, 3.05) is 26.7 Å².